The van der Waals surface area contributed by atoms with Crippen LogP contribution < -0.4 is 5.32 Å². The van der Waals surface area contributed by atoms with Crippen LogP contribution in [0.1, 0.15) is 35.2 Å². The molecule has 1 N–H and O–H groups in total. The number of carbonyl (C=O) groups excluding carboxylic acids is 1. The van der Waals surface area contributed by atoms with Crippen molar-refractivity contribution in [3.8, 4) is 17.3 Å². The predicted molar refractivity (Wildman–Crippen MR) is 113 cm³/mol. The monoisotopic (exact) mass is 422 g/mol. The van der Waals surface area contributed by atoms with Crippen molar-refractivity contribution in [2.24, 2.45) is 0 Å². The summed E-state index contributed by atoms with van der Waals surface area (Å²) in [5.41, 5.74) is 2.45. The van der Waals surface area contributed by atoms with E-state index in [0.717, 1.165) is 18.4 Å². The van der Waals surface area contributed by atoms with Crippen LogP contribution in [0.4, 0.5) is 5.69 Å². The van der Waals surface area contributed by atoms with Gasteiger partial charge in [-0.15, -0.1) is 0 Å². The topological polar surface area (TPSA) is 98.7 Å². The smallest absolute Gasteiger partial charge is 0.259 e. The highest BCUT2D eigenvalue weighted by atomic mass is 35.5. The van der Waals surface area contributed by atoms with Crippen LogP contribution in [0.15, 0.2) is 53.3 Å². The average Bonchev–Trinajstić information content (AvgIpc) is 3.35. The molecule has 3 heterocycles. The molecular weight excluding hydrogens is 404 g/mol. The lowest BCUT2D eigenvalue weighted by Crippen LogP contribution is -2.13. The molecule has 8 nitrogen and oxygen atoms in total. The number of halogens is 1. The molecule has 0 fully saturated rings. The molecule has 4 rings (SSSR count). The van der Waals surface area contributed by atoms with E-state index >= 15 is 0 Å². The summed E-state index contributed by atoms with van der Waals surface area (Å²) in [7, 11) is 0. The first kappa shape index (κ1) is 19.8. The van der Waals surface area contributed by atoms with Crippen molar-refractivity contribution in [3.05, 3.63) is 70.9 Å². The van der Waals surface area contributed by atoms with Gasteiger partial charge in [0.25, 0.3) is 11.8 Å². The molecule has 0 aliphatic heterocycles. The largest absolute Gasteiger partial charge is 0.334 e. The van der Waals surface area contributed by atoms with Crippen molar-refractivity contribution in [1.82, 2.24) is 24.9 Å². The molecule has 0 saturated carbocycles. The number of carbonyl (C=O) groups is 1. The third kappa shape index (κ3) is 4.08. The fourth-order valence-electron chi connectivity index (χ4n) is 2.96. The molecule has 4 aromatic rings. The molecular formula is C21H19ClN6O2. The summed E-state index contributed by atoms with van der Waals surface area (Å²) in [5, 5.41) is 11.6. The molecule has 1 aromatic carbocycles. The van der Waals surface area contributed by atoms with Gasteiger partial charge in [-0.1, -0.05) is 29.7 Å². The Hall–Kier alpha value is -3.52. The first-order valence-electron chi connectivity index (χ1n) is 9.46. The van der Waals surface area contributed by atoms with E-state index in [4.69, 9.17) is 16.1 Å². The quantitative estimate of drug-likeness (QED) is 0.491. The van der Waals surface area contributed by atoms with Gasteiger partial charge in [0, 0.05) is 23.3 Å². The lowest BCUT2D eigenvalue weighted by molar-refractivity contribution is 0.102. The standard InChI is InChI=1S/C21H19ClN6O2/c1-3-5-18-26-21(30-27-18)14-8-9-19(23-11-14)28-13(2)17(12-24-28)20(29)25-16-7-4-6-15(22)10-16/h4,6-12H,3,5H2,1-2H3,(H,25,29). The first-order valence-corrected chi connectivity index (χ1v) is 9.84. The van der Waals surface area contributed by atoms with E-state index in [0.29, 0.717) is 39.5 Å². The van der Waals surface area contributed by atoms with E-state index in [1.54, 1.807) is 41.2 Å². The minimum atomic E-state index is -0.271. The number of pyridine rings is 1. The number of nitrogens with zero attached hydrogens (tertiary/aromatic N) is 5. The van der Waals surface area contributed by atoms with Crippen LogP contribution in [-0.2, 0) is 6.42 Å². The number of aryl methyl sites for hydroxylation is 1. The molecule has 0 unspecified atom stereocenters. The number of hydrogen-bond acceptors (Lipinski definition) is 6. The van der Waals surface area contributed by atoms with Gasteiger partial charge in [-0.25, -0.2) is 9.67 Å². The second-order valence-corrected chi connectivity index (χ2v) is 7.13. The zero-order valence-electron chi connectivity index (χ0n) is 16.5. The zero-order valence-corrected chi connectivity index (χ0v) is 17.2. The Morgan fingerprint density at radius 3 is 2.83 bits per heavy atom. The van der Waals surface area contributed by atoms with Crippen LogP contribution >= 0.6 is 11.6 Å². The minimum absolute atomic E-state index is 0.271. The van der Waals surface area contributed by atoms with E-state index in [1.165, 1.54) is 6.20 Å². The summed E-state index contributed by atoms with van der Waals surface area (Å²) in [6, 6.07) is 10.6. The summed E-state index contributed by atoms with van der Waals surface area (Å²) < 4.78 is 6.89. The van der Waals surface area contributed by atoms with Crippen molar-refractivity contribution in [3.63, 3.8) is 0 Å². The Kier molecular flexibility index (Phi) is 5.58. The van der Waals surface area contributed by atoms with Crippen molar-refractivity contribution < 1.29 is 9.32 Å². The third-order valence-corrected chi connectivity index (χ3v) is 4.73. The molecule has 30 heavy (non-hydrogen) atoms. The van der Waals surface area contributed by atoms with Crippen LogP contribution in [0.25, 0.3) is 17.3 Å². The zero-order chi connectivity index (χ0) is 21.1. The molecule has 0 radical (unpaired) electrons. The van der Waals surface area contributed by atoms with E-state index in [9.17, 15) is 4.79 Å². The normalized spacial score (nSPS) is 10.9. The molecule has 9 heteroatoms. The number of rotatable bonds is 6. The van der Waals surface area contributed by atoms with Crippen LogP contribution in [0.3, 0.4) is 0 Å². The van der Waals surface area contributed by atoms with Crippen LogP contribution in [0, 0.1) is 6.92 Å². The van der Waals surface area contributed by atoms with Gasteiger partial charge >= 0.3 is 0 Å². The molecule has 0 aliphatic rings. The summed E-state index contributed by atoms with van der Waals surface area (Å²) >= 11 is 5.97. The molecule has 0 bridgehead atoms. The maximum absolute atomic E-state index is 12.6. The average molecular weight is 423 g/mol. The number of aromatic nitrogens is 5. The fraction of sp³-hybridized carbons (Fsp3) is 0.190. The highest BCUT2D eigenvalue weighted by Gasteiger charge is 2.17. The van der Waals surface area contributed by atoms with E-state index in [2.05, 4.69) is 32.5 Å². The van der Waals surface area contributed by atoms with Crippen LogP contribution in [0.2, 0.25) is 5.02 Å². The van der Waals surface area contributed by atoms with Crippen LogP contribution in [0.5, 0.6) is 0 Å². The van der Waals surface area contributed by atoms with Crippen molar-refractivity contribution in [1.29, 1.82) is 0 Å². The predicted octanol–water partition coefficient (Wildman–Crippen LogP) is 4.48. The Morgan fingerprint density at radius 1 is 1.23 bits per heavy atom. The molecule has 0 atom stereocenters. The Balaban J connectivity index is 1.53. The van der Waals surface area contributed by atoms with Crippen molar-refractivity contribution in [2.75, 3.05) is 5.32 Å². The minimum Gasteiger partial charge on any atom is -0.334 e. The van der Waals surface area contributed by atoms with Gasteiger partial charge in [-0.3, -0.25) is 4.79 Å². The molecule has 3 aromatic heterocycles. The molecule has 152 valence electrons. The number of amides is 1. The van der Waals surface area contributed by atoms with E-state index < -0.39 is 0 Å². The van der Waals surface area contributed by atoms with Crippen LogP contribution in [-0.4, -0.2) is 30.8 Å². The fourth-order valence-corrected chi connectivity index (χ4v) is 3.15. The lowest BCUT2D eigenvalue weighted by Gasteiger charge is -2.07. The Labute approximate surface area is 177 Å². The number of nitrogens with one attached hydrogen (secondary N) is 1. The highest BCUT2D eigenvalue weighted by molar-refractivity contribution is 6.31. The van der Waals surface area contributed by atoms with Gasteiger partial charge in [0.05, 0.1) is 23.0 Å². The van der Waals surface area contributed by atoms with Gasteiger partial charge in [0.1, 0.15) is 0 Å². The molecule has 1 amide bonds. The van der Waals surface area contributed by atoms with E-state index in [1.807, 2.05) is 13.0 Å². The maximum atomic E-state index is 12.6. The molecule has 0 saturated heterocycles. The van der Waals surface area contributed by atoms with Gasteiger partial charge in [-0.2, -0.15) is 10.1 Å². The van der Waals surface area contributed by atoms with E-state index in [-0.39, 0.29) is 5.91 Å². The molecule has 0 spiro atoms. The van der Waals surface area contributed by atoms with Crippen molar-refractivity contribution in [2.45, 2.75) is 26.7 Å². The van der Waals surface area contributed by atoms with Gasteiger partial charge in [-0.05, 0) is 43.7 Å². The SMILES string of the molecule is CCCc1noc(-c2ccc(-n3ncc(C(=O)Nc4cccc(Cl)c4)c3C)nc2)n1. The van der Waals surface area contributed by atoms with Crippen molar-refractivity contribution >= 4 is 23.2 Å². The Bertz CT molecular complexity index is 1180. The second kappa shape index (κ2) is 8.46. The summed E-state index contributed by atoms with van der Waals surface area (Å²) in [4.78, 5) is 21.4. The maximum Gasteiger partial charge on any atom is 0.259 e. The van der Waals surface area contributed by atoms with Gasteiger partial charge in [0.2, 0.25) is 0 Å². The number of benzene rings is 1. The number of anilines is 1. The number of hydrogen-bond donors (Lipinski definition) is 1. The summed E-state index contributed by atoms with van der Waals surface area (Å²) in [6.45, 7) is 3.87. The highest BCUT2D eigenvalue weighted by Crippen LogP contribution is 2.20. The molecule has 0 aliphatic carbocycles. The summed E-state index contributed by atoms with van der Waals surface area (Å²) in [5.74, 6) is 1.41. The first-order chi connectivity index (χ1) is 14.5. The van der Waals surface area contributed by atoms with Gasteiger partial charge < -0.3 is 9.84 Å². The Morgan fingerprint density at radius 2 is 2.10 bits per heavy atom. The summed E-state index contributed by atoms with van der Waals surface area (Å²) in [6.07, 6.45) is 4.87. The second-order valence-electron chi connectivity index (χ2n) is 6.69. The third-order valence-electron chi connectivity index (χ3n) is 4.49. The van der Waals surface area contributed by atoms with Gasteiger partial charge in [0.15, 0.2) is 11.6 Å². The lowest BCUT2D eigenvalue weighted by atomic mass is 10.2.